The molecule has 2 rings (SSSR count). The van der Waals surface area contributed by atoms with Gasteiger partial charge in [-0.25, -0.2) is 0 Å². The number of aryl methyl sites for hydroxylation is 1. The number of rotatable bonds is 4. The minimum absolute atomic E-state index is 0.678. The third kappa shape index (κ3) is 2.33. The summed E-state index contributed by atoms with van der Waals surface area (Å²) in [4.78, 5) is 4.02. The highest BCUT2D eigenvalue weighted by atomic mass is 35.5. The minimum Gasteiger partial charge on any atom is -0.377 e. The lowest BCUT2D eigenvalue weighted by molar-refractivity contribution is 0.627. The van der Waals surface area contributed by atoms with Crippen LogP contribution in [-0.2, 0) is 13.1 Å². The van der Waals surface area contributed by atoms with Gasteiger partial charge >= 0.3 is 0 Å². The Morgan fingerprint density at radius 3 is 3.00 bits per heavy atom. The second kappa shape index (κ2) is 4.99. The number of nitrogens with zero attached hydrogens (tertiary/aromatic N) is 3. The molecular formula is C11H13ClN4. The first-order valence-electron chi connectivity index (χ1n) is 5.15. The van der Waals surface area contributed by atoms with Crippen molar-refractivity contribution in [3.63, 3.8) is 0 Å². The molecule has 0 aliphatic rings. The Kier molecular flexibility index (Phi) is 3.41. The van der Waals surface area contributed by atoms with Gasteiger partial charge in [-0.2, -0.15) is 5.10 Å². The van der Waals surface area contributed by atoms with E-state index in [0.29, 0.717) is 11.6 Å². The van der Waals surface area contributed by atoms with E-state index in [4.69, 9.17) is 11.6 Å². The molecule has 2 aromatic rings. The van der Waals surface area contributed by atoms with E-state index >= 15 is 0 Å². The van der Waals surface area contributed by atoms with Gasteiger partial charge in [0.1, 0.15) is 0 Å². The van der Waals surface area contributed by atoms with Crippen LogP contribution in [0.5, 0.6) is 0 Å². The molecule has 16 heavy (non-hydrogen) atoms. The van der Waals surface area contributed by atoms with Crippen LogP contribution >= 0.6 is 11.6 Å². The van der Waals surface area contributed by atoms with Crippen molar-refractivity contribution in [3.8, 4) is 0 Å². The lowest BCUT2D eigenvalue weighted by atomic mass is 10.3. The molecule has 4 nitrogen and oxygen atoms in total. The van der Waals surface area contributed by atoms with E-state index in [0.717, 1.165) is 17.9 Å². The minimum atomic E-state index is 0.678. The van der Waals surface area contributed by atoms with E-state index in [1.807, 2.05) is 10.7 Å². The predicted octanol–water partition coefficient (Wildman–Crippen LogP) is 2.56. The van der Waals surface area contributed by atoms with Crippen molar-refractivity contribution >= 4 is 17.3 Å². The lowest BCUT2D eigenvalue weighted by Gasteiger charge is -2.08. The average molecular weight is 237 g/mol. The molecule has 0 saturated carbocycles. The smallest absolute Gasteiger partial charge is 0.0719 e. The van der Waals surface area contributed by atoms with E-state index < -0.39 is 0 Å². The molecule has 2 heterocycles. The molecule has 0 aromatic carbocycles. The number of pyridine rings is 1. The van der Waals surface area contributed by atoms with Crippen LogP contribution in [0.2, 0.25) is 5.02 Å². The first-order chi connectivity index (χ1) is 7.81. The number of hydrogen-bond acceptors (Lipinski definition) is 3. The van der Waals surface area contributed by atoms with Gasteiger partial charge in [-0.15, -0.1) is 0 Å². The average Bonchev–Trinajstić information content (AvgIpc) is 2.75. The van der Waals surface area contributed by atoms with Gasteiger partial charge in [0.25, 0.3) is 0 Å². The summed E-state index contributed by atoms with van der Waals surface area (Å²) in [6, 6.07) is 3.75. The van der Waals surface area contributed by atoms with Gasteiger partial charge in [0.15, 0.2) is 0 Å². The fourth-order valence-electron chi connectivity index (χ4n) is 1.49. The zero-order valence-electron chi connectivity index (χ0n) is 9.02. The highest BCUT2D eigenvalue weighted by Gasteiger charge is 2.02. The Hall–Kier alpha value is -1.55. The second-order valence-corrected chi connectivity index (χ2v) is 3.75. The molecule has 0 fully saturated rings. The monoisotopic (exact) mass is 236 g/mol. The Morgan fingerprint density at radius 2 is 2.25 bits per heavy atom. The fraction of sp³-hybridized carbons (Fsp3) is 0.273. The maximum Gasteiger partial charge on any atom is 0.0719 e. The predicted molar refractivity (Wildman–Crippen MR) is 64.5 cm³/mol. The van der Waals surface area contributed by atoms with Crippen molar-refractivity contribution in [3.05, 3.63) is 41.4 Å². The molecule has 0 atom stereocenters. The van der Waals surface area contributed by atoms with Crippen molar-refractivity contribution in [2.75, 3.05) is 5.32 Å². The molecule has 0 spiro atoms. The van der Waals surface area contributed by atoms with Crippen LogP contribution in [-0.4, -0.2) is 14.8 Å². The largest absolute Gasteiger partial charge is 0.377 e. The molecule has 0 saturated heterocycles. The number of aromatic nitrogens is 3. The second-order valence-electron chi connectivity index (χ2n) is 3.35. The normalized spacial score (nSPS) is 10.4. The Balaban J connectivity index is 2.05. The van der Waals surface area contributed by atoms with Crippen LogP contribution in [0.15, 0.2) is 30.7 Å². The standard InChI is InChI=1S/C11H13ClN4/c1-2-16-9(3-6-15-16)7-14-11-8-13-5-4-10(11)12/h3-6,8,14H,2,7H2,1H3. The topological polar surface area (TPSA) is 42.7 Å². The summed E-state index contributed by atoms with van der Waals surface area (Å²) in [5, 5.41) is 8.11. The zero-order chi connectivity index (χ0) is 11.4. The van der Waals surface area contributed by atoms with Crippen molar-refractivity contribution in [1.82, 2.24) is 14.8 Å². The van der Waals surface area contributed by atoms with E-state index in [9.17, 15) is 0 Å². The van der Waals surface area contributed by atoms with E-state index in [1.54, 1.807) is 24.7 Å². The van der Waals surface area contributed by atoms with Crippen LogP contribution in [0, 0.1) is 0 Å². The summed E-state index contributed by atoms with van der Waals surface area (Å²) in [5.74, 6) is 0. The summed E-state index contributed by atoms with van der Waals surface area (Å²) in [6.45, 7) is 3.62. The van der Waals surface area contributed by atoms with Crippen molar-refractivity contribution in [2.45, 2.75) is 20.0 Å². The molecular weight excluding hydrogens is 224 g/mol. The van der Waals surface area contributed by atoms with Crippen LogP contribution in [0.3, 0.4) is 0 Å². The molecule has 0 bridgehead atoms. The summed E-state index contributed by atoms with van der Waals surface area (Å²) in [6.07, 6.45) is 5.18. The van der Waals surface area contributed by atoms with Crippen LogP contribution in [0.25, 0.3) is 0 Å². The fourth-order valence-corrected chi connectivity index (χ4v) is 1.66. The third-order valence-electron chi connectivity index (χ3n) is 2.33. The third-order valence-corrected chi connectivity index (χ3v) is 2.66. The van der Waals surface area contributed by atoms with Crippen molar-refractivity contribution in [1.29, 1.82) is 0 Å². The molecule has 0 amide bonds. The molecule has 0 unspecified atom stereocenters. The summed E-state index contributed by atoms with van der Waals surface area (Å²) >= 11 is 6.01. The van der Waals surface area contributed by atoms with Crippen LogP contribution < -0.4 is 5.32 Å². The Morgan fingerprint density at radius 1 is 1.38 bits per heavy atom. The van der Waals surface area contributed by atoms with Gasteiger partial charge in [0, 0.05) is 18.9 Å². The number of anilines is 1. The highest BCUT2D eigenvalue weighted by Crippen LogP contribution is 2.19. The molecule has 84 valence electrons. The molecule has 0 aliphatic carbocycles. The van der Waals surface area contributed by atoms with Crippen LogP contribution in [0.1, 0.15) is 12.6 Å². The van der Waals surface area contributed by atoms with Gasteiger partial charge < -0.3 is 5.32 Å². The maximum atomic E-state index is 6.01. The first kappa shape index (κ1) is 11.0. The number of hydrogen-bond donors (Lipinski definition) is 1. The molecule has 5 heteroatoms. The number of halogens is 1. The molecule has 0 radical (unpaired) electrons. The van der Waals surface area contributed by atoms with Gasteiger partial charge in [0.2, 0.25) is 0 Å². The van der Waals surface area contributed by atoms with E-state index in [1.165, 1.54) is 0 Å². The van der Waals surface area contributed by atoms with Gasteiger partial charge in [-0.1, -0.05) is 11.6 Å². The molecule has 2 aromatic heterocycles. The van der Waals surface area contributed by atoms with Gasteiger partial charge in [0.05, 0.1) is 29.1 Å². The van der Waals surface area contributed by atoms with Crippen molar-refractivity contribution in [2.24, 2.45) is 0 Å². The Bertz CT molecular complexity index is 467. The quantitative estimate of drug-likeness (QED) is 0.887. The highest BCUT2D eigenvalue weighted by molar-refractivity contribution is 6.33. The molecule has 1 N–H and O–H groups in total. The van der Waals surface area contributed by atoms with E-state index in [2.05, 4.69) is 22.3 Å². The Labute approximate surface area is 99.3 Å². The number of nitrogens with one attached hydrogen (secondary N) is 1. The zero-order valence-corrected chi connectivity index (χ0v) is 9.78. The molecule has 0 aliphatic heterocycles. The van der Waals surface area contributed by atoms with Crippen molar-refractivity contribution < 1.29 is 0 Å². The van der Waals surface area contributed by atoms with Crippen LogP contribution in [0.4, 0.5) is 5.69 Å². The summed E-state index contributed by atoms with van der Waals surface area (Å²) in [7, 11) is 0. The SMILES string of the molecule is CCn1nccc1CNc1cnccc1Cl. The summed E-state index contributed by atoms with van der Waals surface area (Å²) in [5.41, 5.74) is 1.97. The lowest BCUT2D eigenvalue weighted by Crippen LogP contribution is -2.08. The summed E-state index contributed by atoms with van der Waals surface area (Å²) < 4.78 is 1.94. The first-order valence-corrected chi connectivity index (χ1v) is 5.53. The van der Waals surface area contributed by atoms with Gasteiger partial charge in [-0.3, -0.25) is 9.67 Å². The van der Waals surface area contributed by atoms with E-state index in [-0.39, 0.29) is 0 Å². The maximum absolute atomic E-state index is 6.01. The van der Waals surface area contributed by atoms with Gasteiger partial charge in [-0.05, 0) is 19.1 Å².